The maximum absolute atomic E-state index is 6.14. The lowest BCUT2D eigenvalue weighted by Gasteiger charge is -2.09. The van der Waals surface area contributed by atoms with Gasteiger partial charge in [0.2, 0.25) is 0 Å². The number of anilines is 1. The zero-order chi connectivity index (χ0) is 14.2. The molecule has 0 spiro atoms. The lowest BCUT2D eigenvalue weighted by molar-refractivity contribution is 0.340. The van der Waals surface area contributed by atoms with Crippen LogP contribution in [0.25, 0.3) is 0 Å². The molecular weight excluding hydrogens is 270 g/mol. The monoisotopic (exact) mass is 289 g/mol. The van der Waals surface area contributed by atoms with Crippen LogP contribution < -0.4 is 10.1 Å². The summed E-state index contributed by atoms with van der Waals surface area (Å²) in [6, 6.07) is 16.1. The minimum absolute atomic E-state index is 0.690. The third-order valence-electron chi connectivity index (χ3n) is 3.05. The highest BCUT2D eigenvalue weighted by molar-refractivity contribution is 6.31. The first-order valence-electron chi connectivity index (χ1n) is 6.99. The van der Waals surface area contributed by atoms with Gasteiger partial charge < -0.3 is 10.1 Å². The fourth-order valence-corrected chi connectivity index (χ4v) is 2.31. The van der Waals surface area contributed by atoms with Crippen LogP contribution in [0.15, 0.2) is 48.5 Å². The van der Waals surface area contributed by atoms with Crippen molar-refractivity contribution < 1.29 is 4.74 Å². The third kappa shape index (κ3) is 4.46. The van der Waals surface area contributed by atoms with E-state index >= 15 is 0 Å². The molecule has 0 atom stereocenters. The summed E-state index contributed by atoms with van der Waals surface area (Å²) < 4.78 is 5.48. The average Bonchev–Trinajstić information content (AvgIpc) is 2.46. The highest BCUT2D eigenvalue weighted by atomic mass is 35.5. The number of halogens is 1. The molecule has 0 heterocycles. The Bertz CT molecular complexity index is 542. The van der Waals surface area contributed by atoms with Gasteiger partial charge in [-0.1, -0.05) is 35.9 Å². The van der Waals surface area contributed by atoms with Crippen molar-refractivity contribution >= 4 is 17.3 Å². The van der Waals surface area contributed by atoms with Gasteiger partial charge in [-0.3, -0.25) is 0 Å². The molecule has 0 aliphatic heterocycles. The Morgan fingerprint density at radius 3 is 2.75 bits per heavy atom. The van der Waals surface area contributed by atoms with Crippen LogP contribution in [0.2, 0.25) is 5.02 Å². The number of rotatable bonds is 7. The second kappa shape index (κ2) is 7.81. The first kappa shape index (κ1) is 14.7. The normalized spacial score (nSPS) is 10.3. The lowest BCUT2D eigenvalue weighted by Crippen LogP contribution is -2.03. The van der Waals surface area contributed by atoms with Gasteiger partial charge in [-0.15, -0.1) is 0 Å². The number of ether oxygens (including phenoxy) is 1. The van der Waals surface area contributed by atoms with E-state index in [9.17, 15) is 0 Å². The molecule has 20 heavy (non-hydrogen) atoms. The third-order valence-corrected chi connectivity index (χ3v) is 3.42. The predicted octanol–water partition coefficient (Wildman–Crippen LogP) is 4.78. The van der Waals surface area contributed by atoms with Crippen LogP contribution in [0.3, 0.4) is 0 Å². The second-order valence-corrected chi connectivity index (χ2v) is 4.99. The summed E-state index contributed by atoms with van der Waals surface area (Å²) in [5.41, 5.74) is 2.30. The molecule has 2 aromatic rings. The first-order chi connectivity index (χ1) is 9.79. The lowest BCUT2D eigenvalue weighted by atomic mass is 10.1. The topological polar surface area (TPSA) is 21.3 Å². The van der Waals surface area contributed by atoms with Crippen molar-refractivity contribution in [2.45, 2.75) is 19.8 Å². The molecule has 2 aromatic carbocycles. The molecule has 3 heteroatoms. The molecule has 2 rings (SSSR count). The average molecular weight is 290 g/mol. The van der Waals surface area contributed by atoms with E-state index in [2.05, 4.69) is 17.4 Å². The van der Waals surface area contributed by atoms with Crippen molar-refractivity contribution in [3.63, 3.8) is 0 Å². The van der Waals surface area contributed by atoms with E-state index in [0.29, 0.717) is 6.61 Å². The highest BCUT2D eigenvalue weighted by Crippen LogP contribution is 2.18. The minimum Gasteiger partial charge on any atom is -0.494 e. The summed E-state index contributed by atoms with van der Waals surface area (Å²) in [5.74, 6) is 0.906. The van der Waals surface area contributed by atoms with Gasteiger partial charge in [0.25, 0.3) is 0 Å². The SMILES string of the molecule is CCOc1cccc(NCCCc2ccccc2Cl)c1. The summed E-state index contributed by atoms with van der Waals surface area (Å²) in [4.78, 5) is 0. The smallest absolute Gasteiger partial charge is 0.121 e. The molecule has 0 aromatic heterocycles. The molecule has 106 valence electrons. The zero-order valence-electron chi connectivity index (χ0n) is 11.7. The van der Waals surface area contributed by atoms with Gasteiger partial charge in [0.05, 0.1) is 6.61 Å². The number of nitrogens with one attached hydrogen (secondary N) is 1. The Morgan fingerprint density at radius 2 is 1.95 bits per heavy atom. The molecule has 0 fully saturated rings. The molecule has 0 aliphatic rings. The number of aryl methyl sites for hydroxylation is 1. The second-order valence-electron chi connectivity index (χ2n) is 4.58. The van der Waals surface area contributed by atoms with Crippen LogP contribution >= 0.6 is 11.6 Å². The van der Waals surface area contributed by atoms with Crippen LogP contribution in [0, 0.1) is 0 Å². The Morgan fingerprint density at radius 1 is 1.10 bits per heavy atom. The molecule has 0 aliphatic carbocycles. The van der Waals surface area contributed by atoms with Crippen molar-refractivity contribution in [1.29, 1.82) is 0 Å². The summed E-state index contributed by atoms with van der Waals surface area (Å²) in [6.07, 6.45) is 2.03. The van der Waals surface area contributed by atoms with E-state index in [1.165, 1.54) is 5.56 Å². The summed E-state index contributed by atoms with van der Waals surface area (Å²) >= 11 is 6.14. The molecular formula is C17H20ClNO. The minimum atomic E-state index is 0.690. The van der Waals surface area contributed by atoms with Crippen LogP contribution in [0.5, 0.6) is 5.75 Å². The van der Waals surface area contributed by atoms with Gasteiger partial charge in [-0.2, -0.15) is 0 Å². The quantitative estimate of drug-likeness (QED) is 0.740. The van der Waals surface area contributed by atoms with E-state index in [0.717, 1.165) is 35.8 Å². The van der Waals surface area contributed by atoms with Crippen LogP contribution in [-0.2, 0) is 6.42 Å². The summed E-state index contributed by atoms with van der Waals surface area (Å²) in [5, 5.41) is 4.26. The summed E-state index contributed by atoms with van der Waals surface area (Å²) in [6.45, 7) is 3.60. The first-order valence-corrected chi connectivity index (χ1v) is 7.37. The Labute approximate surface area is 125 Å². The van der Waals surface area contributed by atoms with E-state index in [1.54, 1.807) is 0 Å². The van der Waals surface area contributed by atoms with Crippen LogP contribution in [0.4, 0.5) is 5.69 Å². The molecule has 1 N–H and O–H groups in total. The Balaban J connectivity index is 1.78. The highest BCUT2D eigenvalue weighted by Gasteiger charge is 1.99. The van der Waals surface area contributed by atoms with Crippen molar-refractivity contribution in [2.75, 3.05) is 18.5 Å². The van der Waals surface area contributed by atoms with Crippen LogP contribution in [-0.4, -0.2) is 13.2 Å². The zero-order valence-corrected chi connectivity index (χ0v) is 12.5. The predicted molar refractivity (Wildman–Crippen MR) is 85.9 cm³/mol. The van der Waals surface area contributed by atoms with Gasteiger partial charge in [-0.05, 0) is 43.5 Å². The van der Waals surface area contributed by atoms with E-state index in [-0.39, 0.29) is 0 Å². The Hall–Kier alpha value is -1.67. The standard InChI is InChI=1S/C17H20ClNO/c1-2-20-16-10-5-9-15(13-16)19-12-6-8-14-7-3-4-11-17(14)18/h3-5,7,9-11,13,19H,2,6,8,12H2,1H3. The van der Waals surface area contributed by atoms with Gasteiger partial charge in [0.1, 0.15) is 5.75 Å². The van der Waals surface area contributed by atoms with Crippen molar-refractivity contribution in [3.8, 4) is 5.75 Å². The maximum Gasteiger partial charge on any atom is 0.121 e. The molecule has 0 radical (unpaired) electrons. The van der Waals surface area contributed by atoms with E-state index < -0.39 is 0 Å². The number of hydrogen-bond donors (Lipinski definition) is 1. The van der Waals surface area contributed by atoms with Gasteiger partial charge >= 0.3 is 0 Å². The Kier molecular flexibility index (Phi) is 5.75. The molecule has 0 bridgehead atoms. The molecule has 0 unspecified atom stereocenters. The van der Waals surface area contributed by atoms with Gasteiger partial charge in [0, 0.05) is 23.3 Å². The fraction of sp³-hybridized carbons (Fsp3) is 0.294. The molecule has 0 saturated carbocycles. The van der Waals surface area contributed by atoms with Crippen molar-refractivity contribution in [1.82, 2.24) is 0 Å². The van der Waals surface area contributed by atoms with E-state index in [4.69, 9.17) is 16.3 Å². The van der Waals surface area contributed by atoms with Crippen molar-refractivity contribution in [2.24, 2.45) is 0 Å². The molecule has 0 saturated heterocycles. The van der Waals surface area contributed by atoms with Crippen molar-refractivity contribution in [3.05, 3.63) is 59.1 Å². The maximum atomic E-state index is 6.14. The van der Waals surface area contributed by atoms with Gasteiger partial charge in [-0.25, -0.2) is 0 Å². The molecule has 0 amide bonds. The summed E-state index contributed by atoms with van der Waals surface area (Å²) in [7, 11) is 0. The van der Waals surface area contributed by atoms with Gasteiger partial charge in [0.15, 0.2) is 0 Å². The number of benzene rings is 2. The fourth-order valence-electron chi connectivity index (χ4n) is 2.08. The van der Waals surface area contributed by atoms with Crippen LogP contribution in [0.1, 0.15) is 18.9 Å². The molecule has 2 nitrogen and oxygen atoms in total. The largest absolute Gasteiger partial charge is 0.494 e. The number of hydrogen-bond acceptors (Lipinski definition) is 2. The van der Waals surface area contributed by atoms with E-state index in [1.807, 2.05) is 43.3 Å².